The number of hydrogen-bond donors (Lipinski definition) is 0. The van der Waals surface area contributed by atoms with Crippen LogP contribution >= 0.6 is 0 Å². The Balaban J connectivity index is 1.94. The van der Waals surface area contributed by atoms with Crippen molar-refractivity contribution in [3.05, 3.63) is 46.1 Å². The number of nitrogens with zero attached hydrogens (tertiary/aromatic N) is 4. The smallest absolute Gasteiger partial charge is 0.423 e. The Morgan fingerprint density at radius 3 is 2.41 bits per heavy atom. The second kappa shape index (κ2) is 8.62. The lowest BCUT2D eigenvalue weighted by Gasteiger charge is -2.26. The molecule has 156 valence electrons. The molecule has 7 nitrogen and oxygen atoms in total. The summed E-state index contributed by atoms with van der Waals surface area (Å²) in [5.41, 5.74) is -0.562. The maximum Gasteiger partial charge on any atom is 0.423 e. The molecule has 0 spiro atoms. The van der Waals surface area contributed by atoms with E-state index in [1.807, 2.05) is 0 Å². The minimum absolute atomic E-state index is 0.0418. The molecule has 29 heavy (non-hydrogen) atoms. The van der Waals surface area contributed by atoms with Gasteiger partial charge in [-0.1, -0.05) is 6.42 Å². The molecule has 0 bridgehead atoms. The zero-order valence-electron chi connectivity index (χ0n) is 15.9. The highest BCUT2D eigenvalue weighted by Gasteiger charge is 2.37. The van der Waals surface area contributed by atoms with Gasteiger partial charge in [0.25, 0.3) is 5.69 Å². The molecule has 0 amide bonds. The number of anilines is 2. The predicted molar refractivity (Wildman–Crippen MR) is 100 cm³/mol. The van der Waals surface area contributed by atoms with Gasteiger partial charge in [0.15, 0.2) is 0 Å². The number of hydrogen-bond acceptors (Lipinski definition) is 6. The van der Waals surface area contributed by atoms with Crippen LogP contribution in [-0.2, 0) is 6.18 Å². The van der Waals surface area contributed by atoms with Crippen molar-refractivity contribution in [1.29, 1.82) is 0 Å². The number of nitro benzene ring substituents is 1. The summed E-state index contributed by atoms with van der Waals surface area (Å²) in [7, 11) is 0. The number of rotatable bonds is 6. The van der Waals surface area contributed by atoms with E-state index in [9.17, 15) is 23.3 Å². The molecule has 1 aliphatic rings. The maximum absolute atomic E-state index is 13.4. The predicted octanol–water partition coefficient (Wildman–Crippen LogP) is 5.27. The molecule has 1 heterocycles. The lowest BCUT2D eigenvalue weighted by molar-refractivity contribution is -0.384. The molecular weight excluding hydrogens is 389 g/mol. The third kappa shape index (κ3) is 4.93. The number of benzene rings is 1. The second-order valence-electron chi connectivity index (χ2n) is 6.78. The summed E-state index contributed by atoms with van der Waals surface area (Å²) in [4.78, 5) is 19.8. The molecule has 1 aromatic heterocycles. The van der Waals surface area contributed by atoms with E-state index in [4.69, 9.17) is 4.74 Å². The fourth-order valence-electron chi connectivity index (χ4n) is 3.31. The SMILES string of the molecule is CCN(c1ccc([N+](=O)[O-])cc1)c1ncc(C(F)(F)F)c(OC2CCCCC2)n1. The van der Waals surface area contributed by atoms with Crippen molar-refractivity contribution < 1.29 is 22.8 Å². The first kappa shape index (κ1) is 20.8. The van der Waals surface area contributed by atoms with Gasteiger partial charge in [0.05, 0.1) is 4.92 Å². The van der Waals surface area contributed by atoms with E-state index in [1.165, 1.54) is 24.3 Å². The molecule has 3 rings (SSSR count). The minimum atomic E-state index is -4.63. The number of non-ortho nitro benzene ring substituents is 1. The lowest BCUT2D eigenvalue weighted by atomic mass is 9.98. The number of aromatic nitrogens is 2. The van der Waals surface area contributed by atoms with Crippen LogP contribution in [0.3, 0.4) is 0 Å². The third-order valence-electron chi connectivity index (χ3n) is 4.81. The van der Waals surface area contributed by atoms with Crippen molar-refractivity contribution in [2.24, 2.45) is 0 Å². The summed E-state index contributed by atoms with van der Waals surface area (Å²) in [6.07, 6.45) is 0.0444. The van der Waals surface area contributed by atoms with Gasteiger partial charge in [-0.2, -0.15) is 18.2 Å². The van der Waals surface area contributed by atoms with Gasteiger partial charge in [0.1, 0.15) is 11.7 Å². The number of alkyl halides is 3. The Bertz CT molecular complexity index is 853. The molecule has 0 radical (unpaired) electrons. The molecule has 2 aromatic rings. The monoisotopic (exact) mass is 410 g/mol. The Hall–Kier alpha value is -2.91. The van der Waals surface area contributed by atoms with Crippen molar-refractivity contribution >= 4 is 17.3 Å². The highest BCUT2D eigenvalue weighted by atomic mass is 19.4. The van der Waals surface area contributed by atoms with E-state index < -0.39 is 22.5 Å². The Morgan fingerprint density at radius 2 is 1.86 bits per heavy atom. The van der Waals surface area contributed by atoms with Crippen molar-refractivity contribution in [3.63, 3.8) is 0 Å². The summed E-state index contributed by atoms with van der Waals surface area (Å²) in [5, 5.41) is 10.8. The van der Waals surface area contributed by atoms with Crippen molar-refractivity contribution in [2.45, 2.75) is 51.3 Å². The zero-order valence-corrected chi connectivity index (χ0v) is 15.9. The number of ether oxygens (including phenoxy) is 1. The van der Waals surface area contributed by atoms with Crippen molar-refractivity contribution in [3.8, 4) is 5.88 Å². The quantitative estimate of drug-likeness (QED) is 0.476. The number of nitro groups is 1. The van der Waals surface area contributed by atoms with Crippen LogP contribution in [0.25, 0.3) is 0 Å². The van der Waals surface area contributed by atoms with Crippen LogP contribution in [-0.4, -0.2) is 27.5 Å². The summed E-state index contributed by atoms with van der Waals surface area (Å²) in [5.74, 6) is -0.435. The van der Waals surface area contributed by atoms with Crippen LogP contribution in [0.15, 0.2) is 30.5 Å². The topological polar surface area (TPSA) is 81.4 Å². The molecule has 0 atom stereocenters. The van der Waals surface area contributed by atoms with E-state index in [-0.39, 0.29) is 17.7 Å². The van der Waals surface area contributed by atoms with Crippen molar-refractivity contribution in [2.75, 3.05) is 11.4 Å². The normalized spacial score (nSPS) is 15.2. The van der Waals surface area contributed by atoms with Crippen LogP contribution in [0, 0.1) is 10.1 Å². The molecule has 1 fully saturated rings. The van der Waals surface area contributed by atoms with E-state index in [1.54, 1.807) is 11.8 Å². The van der Waals surface area contributed by atoms with Crippen LogP contribution in [0.1, 0.15) is 44.6 Å². The summed E-state index contributed by atoms with van der Waals surface area (Å²) < 4.78 is 45.9. The van der Waals surface area contributed by atoms with Gasteiger partial charge < -0.3 is 9.64 Å². The molecule has 0 aliphatic heterocycles. The molecule has 0 unspecified atom stereocenters. The van der Waals surface area contributed by atoms with Gasteiger partial charge in [-0.3, -0.25) is 10.1 Å². The molecule has 1 saturated carbocycles. The van der Waals surface area contributed by atoms with E-state index >= 15 is 0 Å². The lowest BCUT2D eigenvalue weighted by Crippen LogP contribution is -2.24. The Morgan fingerprint density at radius 1 is 1.21 bits per heavy atom. The van der Waals surface area contributed by atoms with E-state index in [0.717, 1.165) is 25.5 Å². The zero-order chi connectivity index (χ0) is 21.0. The van der Waals surface area contributed by atoms with Gasteiger partial charge >= 0.3 is 6.18 Å². The molecular formula is C19H21F3N4O3. The fraction of sp³-hybridized carbons (Fsp3) is 0.474. The molecule has 1 aromatic carbocycles. The molecule has 1 aliphatic carbocycles. The number of halogens is 3. The third-order valence-corrected chi connectivity index (χ3v) is 4.81. The molecule has 0 N–H and O–H groups in total. The van der Waals surface area contributed by atoms with Gasteiger partial charge in [0, 0.05) is 30.6 Å². The first-order chi connectivity index (χ1) is 13.8. The average Bonchev–Trinajstić information content (AvgIpc) is 2.69. The van der Waals surface area contributed by atoms with Crippen LogP contribution in [0.4, 0.5) is 30.5 Å². The van der Waals surface area contributed by atoms with Gasteiger partial charge in [-0.05, 0) is 44.7 Å². The largest absolute Gasteiger partial charge is 0.474 e. The van der Waals surface area contributed by atoms with Crippen LogP contribution in [0.2, 0.25) is 0 Å². The van der Waals surface area contributed by atoms with E-state index in [0.29, 0.717) is 25.1 Å². The summed E-state index contributed by atoms with van der Waals surface area (Å²) in [6, 6.07) is 5.65. The van der Waals surface area contributed by atoms with Crippen LogP contribution < -0.4 is 9.64 Å². The summed E-state index contributed by atoms with van der Waals surface area (Å²) >= 11 is 0. The van der Waals surface area contributed by atoms with Gasteiger partial charge in [-0.25, -0.2) is 4.98 Å². The average molecular weight is 410 g/mol. The maximum atomic E-state index is 13.4. The van der Waals surface area contributed by atoms with Gasteiger partial charge in [0.2, 0.25) is 11.8 Å². The first-order valence-corrected chi connectivity index (χ1v) is 9.42. The standard InChI is InChI=1S/C19H21F3N4O3/c1-2-25(13-8-10-14(11-9-13)26(27)28)18-23-12-16(19(20,21)22)17(24-18)29-15-6-4-3-5-7-15/h8-12,15H,2-7H2,1H3. The Kier molecular flexibility index (Phi) is 6.19. The second-order valence-corrected chi connectivity index (χ2v) is 6.78. The highest BCUT2D eigenvalue weighted by molar-refractivity contribution is 5.59. The highest BCUT2D eigenvalue weighted by Crippen LogP contribution is 2.37. The molecule has 0 saturated heterocycles. The minimum Gasteiger partial charge on any atom is -0.474 e. The van der Waals surface area contributed by atoms with Crippen LogP contribution in [0.5, 0.6) is 5.88 Å². The van der Waals surface area contributed by atoms with Crippen molar-refractivity contribution in [1.82, 2.24) is 9.97 Å². The molecule has 10 heteroatoms. The Labute approximate surface area is 165 Å². The van der Waals surface area contributed by atoms with E-state index in [2.05, 4.69) is 9.97 Å². The fourth-order valence-corrected chi connectivity index (χ4v) is 3.31. The first-order valence-electron chi connectivity index (χ1n) is 9.42. The van der Waals surface area contributed by atoms with Gasteiger partial charge in [-0.15, -0.1) is 0 Å². The summed E-state index contributed by atoms with van der Waals surface area (Å²) in [6.45, 7) is 2.14.